The number of hydrogen-bond acceptors (Lipinski definition) is 2. The van der Waals surface area contributed by atoms with Gasteiger partial charge in [0.05, 0.1) is 6.10 Å². The predicted octanol–water partition coefficient (Wildman–Crippen LogP) is 3.06. The Morgan fingerprint density at radius 3 is 2.83 bits per heavy atom. The predicted molar refractivity (Wildman–Crippen MR) is 53.4 cm³/mol. The highest BCUT2D eigenvalue weighted by atomic mass is 32.1. The van der Waals surface area contributed by atoms with Gasteiger partial charge < -0.3 is 5.11 Å². The largest absolute Gasteiger partial charge is 0.387 e. The van der Waals surface area contributed by atoms with Crippen molar-refractivity contribution in [3.63, 3.8) is 0 Å². The van der Waals surface area contributed by atoms with Crippen molar-refractivity contribution >= 4 is 11.3 Å². The number of thiophene rings is 1. The Balaban J connectivity index is 2.71. The lowest BCUT2D eigenvalue weighted by Gasteiger charge is -2.08. The van der Waals surface area contributed by atoms with E-state index >= 15 is 0 Å². The van der Waals surface area contributed by atoms with E-state index in [1.807, 2.05) is 25.3 Å². The molecular weight excluding hydrogens is 168 g/mol. The Kier molecular flexibility index (Phi) is 3.06. The average Bonchev–Trinajstić information content (AvgIpc) is 2.33. The van der Waals surface area contributed by atoms with Gasteiger partial charge in [-0.2, -0.15) is 0 Å². The third kappa shape index (κ3) is 2.19. The fourth-order valence-corrected chi connectivity index (χ4v) is 2.06. The van der Waals surface area contributed by atoms with Gasteiger partial charge in [-0.1, -0.05) is 5.57 Å². The van der Waals surface area contributed by atoms with Crippen molar-refractivity contribution in [2.75, 3.05) is 0 Å². The summed E-state index contributed by atoms with van der Waals surface area (Å²) in [5.74, 6) is 0. The van der Waals surface area contributed by atoms with Crippen LogP contribution in [0, 0.1) is 6.92 Å². The maximum Gasteiger partial charge on any atom is 0.0921 e. The van der Waals surface area contributed by atoms with E-state index in [4.69, 9.17) is 0 Å². The highest BCUT2D eigenvalue weighted by molar-refractivity contribution is 7.10. The highest BCUT2D eigenvalue weighted by Crippen LogP contribution is 2.27. The smallest absolute Gasteiger partial charge is 0.0921 e. The number of aryl methyl sites for hydroxylation is 1. The van der Waals surface area contributed by atoms with E-state index in [1.54, 1.807) is 11.3 Å². The first-order chi connectivity index (χ1) is 5.61. The first-order valence-electron chi connectivity index (χ1n) is 3.97. The van der Waals surface area contributed by atoms with Gasteiger partial charge in [-0.15, -0.1) is 17.9 Å². The van der Waals surface area contributed by atoms with Gasteiger partial charge in [-0.05, 0) is 37.3 Å². The van der Waals surface area contributed by atoms with Gasteiger partial charge in [0.2, 0.25) is 0 Å². The van der Waals surface area contributed by atoms with Crippen LogP contribution < -0.4 is 0 Å². The molecule has 0 saturated carbocycles. The summed E-state index contributed by atoms with van der Waals surface area (Å²) in [6.07, 6.45) is 0.309. The Hall–Kier alpha value is -0.600. The fraction of sp³-hybridized carbons (Fsp3) is 0.400. The molecule has 1 heterocycles. The SMILES string of the molecule is C=C(C)CC(O)c1sccc1C. The zero-order valence-electron chi connectivity index (χ0n) is 7.50. The van der Waals surface area contributed by atoms with Gasteiger partial charge in [-0.3, -0.25) is 0 Å². The standard InChI is InChI=1S/C10H14OS/c1-7(2)6-9(11)10-8(3)4-5-12-10/h4-5,9,11H,1,6H2,2-3H3. The van der Waals surface area contributed by atoms with E-state index in [9.17, 15) is 5.11 Å². The van der Waals surface area contributed by atoms with E-state index in [-0.39, 0.29) is 6.10 Å². The van der Waals surface area contributed by atoms with Crippen molar-refractivity contribution in [2.24, 2.45) is 0 Å². The van der Waals surface area contributed by atoms with Crippen molar-refractivity contribution in [1.82, 2.24) is 0 Å². The van der Waals surface area contributed by atoms with Crippen LogP contribution in [0.25, 0.3) is 0 Å². The summed E-state index contributed by atoms with van der Waals surface area (Å²) < 4.78 is 0. The van der Waals surface area contributed by atoms with Crippen LogP contribution in [0.4, 0.5) is 0 Å². The first-order valence-corrected chi connectivity index (χ1v) is 4.85. The average molecular weight is 182 g/mol. The third-order valence-corrected chi connectivity index (χ3v) is 2.87. The lowest BCUT2D eigenvalue weighted by atomic mass is 10.1. The van der Waals surface area contributed by atoms with Gasteiger partial charge >= 0.3 is 0 Å². The van der Waals surface area contributed by atoms with Crippen LogP contribution in [-0.4, -0.2) is 5.11 Å². The molecule has 0 amide bonds. The summed E-state index contributed by atoms with van der Waals surface area (Å²) in [6, 6.07) is 2.03. The Bertz CT molecular complexity index is 275. The molecule has 1 aromatic heterocycles. The molecule has 1 aromatic rings. The summed E-state index contributed by atoms with van der Waals surface area (Å²) in [7, 11) is 0. The second kappa shape index (κ2) is 3.87. The van der Waals surface area contributed by atoms with Crippen molar-refractivity contribution in [2.45, 2.75) is 26.4 Å². The molecular formula is C10H14OS. The highest BCUT2D eigenvalue weighted by Gasteiger charge is 2.10. The molecule has 0 aromatic carbocycles. The van der Waals surface area contributed by atoms with Crippen LogP contribution in [0.2, 0.25) is 0 Å². The maximum atomic E-state index is 9.71. The van der Waals surface area contributed by atoms with Crippen LogP contribution >= 0.6 is 11.3 Å². The van der Waals surface area contributed by atoms with Crippen LogP contribution in [0.5, 0.6) is 0 Å². The molecule has 0 aliphatic heterocycles. The minimum Gasteiger partial charge on any atom is -0.387 e. The molecule has 1 atom stereocenters. The number of rotatable bonds is 3. The molecule has 0 radical (unpaired) electrons. The molecule has 0 aliphatic carbocycles. The number of aliphatic hydroxyl groups excluding tert-OH is 1. The van der Waals surface area contributed by atoms with Crippen LogP contribution in [0.1, 0.15) is 29.9 Å². The van der Waals surface area contributed by atoms with Crippen molar-refractivity contribution in [1.29, 1.82) is 0 Å². The van der Waals surface area contributed by atoms with Crippen LogP contribution in [0.3, 0.4) is 0 Å². The molecule has 1 unspecified atom stereocenters. The van der Waals surface area contributed by atoms with E-state index in [0.29, 0.717) is 6.42 Å². The Morgan fingerprint density at radius 1 is 1.75 bits per heavy atom. The van der Waals surface area contributed by atoms with Gasteiger partial charge in [0.25, 0.3) is 0 Å². The molecule has 0 bridgehead atoms. The first kappa shape index (κ1) is 9.49. The molecule has 66 valence electrons. The van der Waals surface area contributed by atoms with Gasteiger partial charge in [0.1, 0.15) is 0 Å². The topological polar surface area (TPSA) is 20.2 Å². The molecule has 1 rings (SSSR count). The zero-order chi connectivity index (χ0) is 9.14. The minimum absolute atomic E-state index is 0.359. The van der Waals surface area contributed by atoms with E-state index in [0.717, 1.165) is 10.5 Å². The number of aliphatic hydroxyl groups is 1. The summed E-state index contributed by atoms with van der Waals surface area (Å²) in [5.41, 5.74) is 2.20. The van der Waals surface area contributed by atoms with E-state index < -0.39 is 0 Å². The van der Waals surface area contributed by atoms with Crippen molar-refractivity contribution in [3.8, 4) is 0 Å². The normalized spacial score (nSPS) is 12.9. The molecule has 0 saturated heterocycles. The lowest BCUT2D eigenvalue weighted by Crippen LogP contribution is -1.96. The van der Waals surface area contributed by atoms with Crippen LogP contribution in [0.15, 0.2) is 23.6 Å². The quantitative estimate of drug-likeness (QED) is 0.712. The third-order valence-electron chi connectivity index (χ3n) is 1.75. The molecule has 1 N–H and O–H groups in total. The summed E-state index contributed by atoms with van der Waals surface area (Å²) in [4.78, 5) is 1.07. The number of hydrogen-bond donors (Lipinski definition) is 1. The van der Waals surface area contributed by atoms with Gasteiger partial charge in [0, 0.05) is 4.88 Å². The molecule has 2 heteroatoms. The van der Waals surface area contributed by atoms with E-state index in [2.05, 4.69) is 6.58 Å². The van der Waals surface area contributed by atoms with Crippen LogP contribution in [-0.2, 0) is 0 Å². The minimum atomic E-state index is -0.359. The fourth-order valence-electron chi connectivity index (χ4n) is 1.15. The van der Waals surface area contributed by atoms with Gasteiger partial charge in [-0.25, -0.2) is 0 Å². The molecule has 12 heavy (non-hydrogen) atoms. The maximum absolute atomic E-state index is 9.71. The monoisotopic (exact) mass is 182 g/mol. The molecule has 1 nitrogen and oxygen atoms in total. The molecule has 0 spiro atoms. The molecule has 0 fully saturated rings. The Labute approximate surface area is 77.4 Å². The summed E-state index contributed by atoms with van der Waals surface area (Å²) in [6.45, 7) is 7.74. The lowest BCUT2D eigenvalue weighted by molar-refractivity contribution is 0.181. The van der Waals surface area contributed by atoms with E-state index in [1.165, 1.54) is 5.56 Å². The summed E-state index contributed by atoms with van der Waals surface area (Å²) in [5, 5.41) is 11.7. The Morgan fingerprint density at radius 2 is 2.42 bits per heavy atom. The second-order valence-corrected chi connectivity index (χ2v) is 4.09. The summed E-state index contributed by atoms with van der Waals surface area (Å²) >= 11 is 1.61. The van der Waals surface area contributed by atoms with Crippen molar-refractivity contribution < 1.29 is 5.11 Å². The second-order valence-electron chi connectivity index (χ2n) is 3.14. The van der Waals surface area contributed by atoms with Gasteiger partial charge in [0.15, 0.2) is 0 Å². The van der Waals surface area contributed by atoms with Crippen molar-refractivity contribution in [3.05, 3.63) is 34.0 Å². The molecule has 0 aliphatic rings. The zero-order valence-corrected chi connectivity index (χ0v) is 8.32.